The van der Waals surface area contributed by atoms with E-state index in [4.69, 9.17) is 10.5 Å². The average molecular weight is 426 g/mol. The fourth-order valence-electron chi connectivity index (χ4n) is 3.46. The molecule has 0 bridgehead atoms. The van der Waals surface area contributed by atoms with E-state index in [1.807, 2.05) is 11.5 Å². The lowest BCUT2D eigenvalue weighted by Crippen LogP contribution is -2.17. The summed E-state index contributed by atoms with van der Waals surface area (Å²) in [5, 5.41) is 0. The minimum absolute atomic E-state index is 0.0516. The first-order valence-corrected chi connectivity index (χ1v) is 9.53. The molecule has 0 aliphatic heterocycles. The third kappa shape index (κ3) is 5.55. The molecule has 0 aliphatic rings. The Morgan fingerprint density at radius 1 is 1.23 bits per heavy atom. The van der Waals surface area contributed by atoms with Gasteiger partial charge in [0.25, 0.3) is 5.91 Å². The van der Waals surface area contributed by atoms with Gasteiger partial charge in [-0.25, -0.2) is 0 Å². The van der Waals surface area contributed by atoms with Crippen LogP contribution in [0.5, 0.6) is 5.75 Å². The molecule has 6 nitrogen and oxygen atoms in total. The molecule has 0 unspecified atom stereocenters. The minimum Gasteiger partial charge on any atom is -0.469 e. The van der Waals surface area contributed by atoms with Crippen LogP contribution in [0.2, 0.25) is 0 Å². The molecule has 9 heteroatoms. The zero-order valence-electron chi connectivity index (χ0n) is 17.1. The summed E-state index contributed by atoms with van der Waals surface area (Å²) in [7, 11) is 1.28. The lowest BCUT2D eigenvalue weighted by atomic mass is 9.97. The van der Waals surface area contributed by atoms with E-state index in [1.165, 1.54) is 25.3 Å². The van der Waals surface area contributed by atoms with Crippen molar-refractivity contribution in [3.05, 3.63) is 41.2 Å². The van der Waals surface area contributed by atoms with Gasteiger partial charge in [-0.15, -0.1) is 13.2 Å². The van der Waals surface area contributed by atoms with E-state index in [9.17, 15) is 22.8 Å². The largest absolute Gasteiger partial charge is 0.573 e. The maximum absolute atomic E-state index is 12.7. The van der Waals surface area contributed by atoms with Gasteiger partial charge >= 0.3 is 12.3 Å². The van der Waals surface area contributed by atoms with Gasteiger partial charge in [0.1, 0.15) is 5.75 Å². The molecule has 1 aromatic carbocycles. The first-order chi connectivity index (χ1) is 14.1. The smallest absolute Gasteiger partial charge is 0.469 e. The van der Waals surface area contributed by atoms with Crippen LogP contribution in [0.4, 0.5) is 13.2 Å². The number of aromatic nitrogens is 1. The Morgan fingerprint density at radius 3 is 2.50 bits per heavy atom. The Kier molecular flexibility index (Phi) is 7.53. The Morgan fingerprint density at radius 2 is 1.93 bits per heavy atom. The number of unbranched alkanes of at least 4 members (excludes halogenated alkanes) is 1. The molecule has 2 rings (SSSR count). The van der Waals surface area contributed by atoms with E-state index in [1.54, 1.807) is 13.0 Å². The number of alkyl halides is 3. The lowest BCUT2D eigenvalue weighted by molar-refractivity contribution is -0.274. The number of esters is 1. The summed E-state index contributed by atoms with van der Waals surface area (Å²) in [5.74, 6) is -1.54. The summed E-state index contributed by atoms with van der Waals surface area (Å²) in [5.41, 5.74) is 7.86. The molecule has 0 saturated heterocycles. The van der Waals surface area contributed by atoms with Crippen molar-refractivity contribution in [3.63, 3.8) is 0 Å². The van der Waals surface area contributed by atoms with Crippen LogP contribution < -0.4 is 10.5 Å². The highest BCUT2D eigenvalue weighted by Crippen LogP contribution is 2.36. The summed E-state index contributed by atoms with van der Waals surface area (Å²) >= 11 is 0. The number of primary amides is 1. The highest BCUT2D eigenvalue weighted by atomic mass is 19.4. The molecule has 0 atom stereocenters. The number of halogens is 3. The van der Waals surface area contributed by atoms with Crippen molar-refractivity contribution in [3.8, 4) is 16.9 Å². The average Bonchev–Trinajstić information content (AvgIpc) is 2.94. The molecule has 2 N–H and O–H groups in total. The second kappa shape index (κ2) is 9.69. The highest BCUT2D eigenvalue weighted by molar-refractivity contribution is 6.02. The molecule has 1 heterocycles. The van der Waals surface area contributed by atoms with Crippen molar-refractivity contribution in [1.82, 2.24) is 4.57 Å². The molecule has 1 aromatic heterocycles. The van der Waals surface area contributed by atoms with Crippen molar-refractivity contribution in [1.29, 1.82) is 0 Å². The van der Waals surface area contributed by atoms with Crippen molar-refractivity contribution >= 4 is 11.9 Å². The van der Waals surface area contributed by atoms with E-state index < -0.39 is 24.0 Å². The summed E-state index contributed by atoms with van der Waals surface area (Å²) in [6, 6.07) is 5.37. The second-order valence-electron chi connectivity index (χ2n) is 6.80. The number of carbonyl (C=O) groups is 2. The first kappa shape index (κ1) is 23.3. The number of benzene rings is 1. The van der Waals surface area contributed by atoms with E-state index in [2.05, 4.69) is 4.74 Å². The molecule has 164 valence electrons. The predicted octanol–water partition coefficient (Wildman–Crippen LogP) is 4.37. The molecule has 0 saturated carbocycles. The van der Waals surface area contributed by atoms with Crippen molar-refractivity contribution in [2.45, 2.75) is 52.4 Å². The number of ether oxygens (including phenoxy) is 2. The van der Waals surface area contributed by atoms with Gasteiger partial charge < -0.3 is 19.8 Å². The Labute approximate surface area is 172 Å². The van der Waals surface area contributed by atoms with Crippen LogP contribution in [0.25, 0.3) is 11.1 Å². The number of hydrogen-bond donors (Lipinski definition) is 1. The van der Waals surface area contributed by atoms with Crippen molar-refractivity contribution in [2.75, 3.05) is 7.11 Å². The number of carbonyl (C=O) groups excluding carboxylic acids is 2. The Hall–Kier alpha value is -2.97. The van der Waals surface area contributed by atoms with Crippen LogP contribution in [0.1, 0.15) is 47.9 Å². The highest BCUT2D eigenvalue weighted by Gasteiger charge is 2.31. The van der Waals surface area contributed by atoms with Crippen LogP contribution in [0.3, 0.4) is 0 Å². The van der Waals surface area contributed by atoms with Crippen LogP contribution in [0, 0.1) is 6.92 Å². The van der Waals surface area contributed by atoms with Gasteiger partial charge in [0, 0.05) is 23.5 Å². The molecular weight excluding hydrogens is 401 g/mol. The summed E-state index contributed by atoms with van der Waals surface area (Å²) in [4.78, 5) is 24.0. The third-order valence-corrected chi connectivity index (χ3v) is 4.76. The zero-order valence-corrected chi connectivity index (χ0v) is 17.1. The van der Waals surface area contributed by atoms with Crippen LogP contribution in [-0.4, -0.2) is 29.9 Å². The Bertz CT molecular complexity index is 920. The van der Waals surface area contributed by atoms with Gasteiger partial charge in [-0.2, -0.15) is 0 Å². The SMILES string of the molecule is CCCCn1c(C)c(C(N)=O)c(-c2cccc(OC(F)(F)F)c2)c1CCC(=O)OC. The number of rotatable bonds is 9. The van der Waals surface area contributed by atoms with Gasteiger partial charge in [-0.05, 0) is 37.5 Å². The van der Waals surface area contributed by atoms with Gasteiger partial charge in [0.05, 0.1) is 19.1 Å². The number of nitrogens with two attached hydrogens (primary N) is 1. The van der Waals surface area contributed by atoms with Crippen LogP contribution in [-0.2, 0) is 22.5 Å². The molecule has 0 radical (unpaired) electrons. The molecular formula is C21H25F3N2O4. The predicted molar refractivity (Wildman–Crippen MR) is 105 cm³/mol. The van der Waals surface area contributed by atoms with Crippen molar-refractivity contribution < 1.29 is 32.2 Å². The van der Waals surface area contributed by atoms with Gasteiger partial charge in [0.15, 0.2) is 0 Å². The first-order valence-electron chi connectivity index (χ1n) is 9.53. The summed E-state index contributed by atoms with van der Waals surface area (Å²) < 4.78 is 48.6. The van der Waals surface area contributed by atoms with Gasteiger partial charge in [-0.3, -0.25) is 9.59 Å². The Balaban J connectivity index is 2.67. The maximum Gasteiger partial charge on any atom is 0.573 e. The standard InChI is InChI=1S/C21H25F3N2O4/c1-4-5-11-26-13(2)18(20(25)28)19(16(26)9-10-17(27)29-3)14-7-6-8-15(12-14)30-21(22,23)24/h6-8,12H,4-5,9-11H2,1-3H3,(H2,25,28). The summed E-state index contributed by atoms with van der Waals surface area (Å²) in [6.45, 7) is 4.33. The van der Waals surface area contributed by atoms with E-state index in [-0.39, 0.29) is 18.4 Å². The molecule has 0 aliphatic carbocycles. The summed E-state index contributed by atoms with van der Waals surface area (Å²) in [6.07, 6.45) is -2.85. The lowest BCUT2D eigenvalue weighted by Gasteiger charge is -2.14. The molecule has 0 fully saturated rings. The fraction of sp³-hybridized carbons (Fsp3) is 0.429. The quantitative estimate of drug-likeness (QED) is 0.604. The second-order valence-corrected chi connectivity index (χ2v) is 6.80. The number of nitrogens with zero attached hydrogens (tertiary/aromatic N) is 1. The van der Waals surface area contributed by atoms with Crippen molar-refractivity contribution in [2.24, 2.45) is 5.73 Å². The fourth-order valence-corrected chi connectivity index (χ4v) is 3.46. The zero-order chi connectivity index (χ0) is 22.5. The van der Waals surface area contributed by atoms with Gasteiger partial charge in [0.2, 0.25) is 0 Å². The maximum atomic E-state index is 12.7. The normalized spacial score (nSPS) is 11.4. The van der Waals surface area contributed by atoms with E-state index in [0.717, 1.165) is 12.8 Å². The van der Waals surface area contributed by atoms with Crippen LogP contribution in [0.15, 0.2) is 24.3 Å². The monoisotopic (exact) mass is 426 g/mol. The van der Waals surface area contributed by atoms with E-state index in [0.29, 0.717) is 29.1 Å². The third-order valence-electron chi connectivity index (χ3n) is 4.76. The van der Waals surface area contributed by atoms with E-state index >= 15 is 0 Å². The van der Waals surface area contributed by atoms with Crippen LogP contribution >= 0.6 is 0 Å². The molecule has 2 aromatic rings. The molecule has 0 spiro atoms. The number of amides is 1. The number of hydrogen-bond acceptors (Lipinski definition) is 4. The van der Waals surface area contributed by atoms with Gasteiger partial charge in [-0.1, -0.05) is 25.5 Å². The molecule has 30 heavy (non-hydrogen) atoms. The minimum atomic E-state index is -4.85. The molecule has 1 amide bonds. The topological polar surface area (TPSA) is 83.5 Å². The number of methoxy groups -OCH3 is 1.